The Bertz CT molecular complexity index is 76.0. The van der Waals surface area contributed by atoms with Gasteiger partial charge in [0, 0.05) is 10.2 Å². The molecule has 0 saturated heterocycles. The minimum Gasteiger partial charge on any atom is -0.327 e. The topological polar surface area (TPSA) is 3.24 Å². The zero-order valence-corrected chi connectivity index (χ0v) is 11.3. The summed E-state index contributed by atoms with van der Waals surface area (Å²) in [6.45, 7) is 8.17. The van der Waals surface area contributed by atoms with Crippen molar-refractivity contribution in [2.75, 3.05) is 6.54 Å². The second kappa shape index (κ2) is 6.13. The van der Waals surface area contributed by atoms with Gasteiger partial charge < -0.3 is 4.57 Å². The van der Waals surface area contributed by atoms with Gasteiger partial charge in [0.1, 0.15) is 0 Å². The summed E-state index contributed by atoms with van der Waals surface area (Å²) in [5.74, 6) is 0. The summed E-state index contributed by atoms with van der Waals surface area (Å²) in [7, 11) is 1.55. The predicted molar refractivity (Wildman–Crippen MR) is 55.6 cm³/mol. The van der Waals surface area contributed by atoms with Crippen LogP contribution in [-0.4, -0.2) is 37.1 Å². The normalized spacial score (nSPS) is 12.9. The zero-order valence-electron chi connectivity index (χ0n) is 7.85. The van der Waals surface area contributed by atoms with E-state index in [2.05, 4.69) is 25.3 Å². The molecule has 0 amide bonds. The molecular formula is C7H21NSi2. The molecule has 0 aromatic heterocycles. The van der Waals surface area contributed by atoms with Crippen LogP contribution >= 0.6 is 0 Å². The highest BCUT2D eigenvalue weighted by molar-refractivity contribution is 6.34. The molecule has 0 aliphatic heterocycles. The van der Waals surface area contributed by atoms with Crippen molar-refractivity contribution in [3.63, 3.8) is 0 Å². The van der Waals surface area contributed by atoms with Gasteiger partial charge in [-0.05, 0) is 12.6 Å². The molecule has 0 aromatic carbocycles. The number of rotatable bonds is 5. The summed E-state index contributed by atoms with van der Waals surface area (Å²) >= 11 is 0. The minimum absolute atomic E-state index is 0.146. The van der Waals surface area contributed by atoms with E-state index in [4.69, 9.17) is 0 Å². The number of hydrogen-bond donors (Lipinski definition) is 0. The van der Waals surface area contributed by atoms with E-state index in [1.807, 2.05) is 0 Å². The fourth-order valence-electron chi connectivity index (χ4n) is 1.14. The second-order valence-electron chi connectivity index (χ2n) is 3.08. The minimum atomic E-state index is 0.146. The third-order valence-electron chi connectivity index (χ3n) is 1.94. The van der Waals surface area contributed by atoms with Gasteiger partial charge in [-0.3, -0.25) is 0 Å². The van der Waals surface area contributed by atoms with E-state index in [1.54, 1.807) is 0 Å². The smallest absolute Gasteiger partial charge is 0.0950 e. The molecule has 0 heterocycles. The van der Waals surface area contributed by atoms with Crippen molar-refractivity contribution < 1.29 is 0 Å². The average Bonchev–Trinajstić information content (AvgIpc) is 1.89. The Morgan fingerprint density at radius 3 is 2.40 bits per heavy atom. The maximum absolute atomic E-state index is 2.66. The predicted octanol–water partition coefficient (Wildman–Crippen LogP) is 0.00250. The van der Waals surface area contributed by atoms with Gasteiger partial charge in [-0.1, -0.05) is 32.9 Å². The maximum Gasteiger partial charge on any atom is 0.0950 e. The first-order valence-electron chi connectivity index (χ1n) is 4.46. The molecule has 0 aliphatic carbocycles. The van der Waals surface area contributed by atoms with Crippen molar-refractivity contribution in [2.24, 2.45) is 0 Å². The molecule has 0 fully saturated rings. The molecule has 0 aliphatic rings. The Kier molecular flexibility index (Phi) is 6.37. The third kappa shape index (κ3) is 4.25. The lowest BCUT2D eigenvalue weighted by Gasteiger charge is -2.24. The molecule has 1 nitrogen and oxygen atoms in total. The summed E-state index contributed by atoms with van der Waals surface area (Å²) in [5, 5.41) is 0. The van der Waals surface area contributed by atoms with Crippen molar-refractivity contribution in [3.8, 4) is 0 Å². The van der Waals surface area contributed by atoms with Crippen LogP contribution in [0.1, 0.15) is 20.8 Å². The Balaban J connectivity index is 3.40. The van der Waals surface area contributed by atoms with Gasteiger partial charge in [0.2, 0.25) is 0 Å². The van der Waals surface area contributed by atoms with Crippen LogP contribution in [-0.2, 0) is 0 Å². The first-order valence-corrected chi connectivity index (χ1v) is 7.51. The molecule has 0 N–H and O–H groups in total. The molecule has 0 bridgehead atoms. The van der Waals surface area contributed by atoms with Crippen LogP contribution in [0.2, 0.25) is 12.1 Å². The van der Waals surface area contributed by atoms with Gasteiger partial charge >= 0.3 is 0 Å². The lowest BCUT2D eigenvalue weighted by Crippen LogP contribution is -2.33. The van der Waals surface area contributed by atoms with E-state index in [0.717, 1.165) is 6.04 Å². The summed E-state index contributed by atoms with van der Waals surface area (Å²) < 4.78 is 2.66. The molecule has 3 heteroatoms. The fourth-order valence-corrected chi connectivity index (χ4v) is 3.65. The van der Waals surface area contributed by atoms with Gasteiger partial charge in [0.15, 0.2) is 0 Å². The first-order chi connectivity index (χ1) is 4.72. The van der Waals surface area contributed by atoms with Gasteiger partial charge in [-0.25, -0.2) is 0 Å². The van der Waals surface area contributed by atoms with Gasteiger partial charge in [-0.2, -0.15) is 0 Å². The van der Waals surface area contributed by atoms with E-state index in [-0.39, 0.29) is 9.68 Å². The number of hydrogen-bond acceptors (Lipinski definition) is 1. The van der Waals surface area contributed by atoms with Crippen LogP contribution in [0.25, 0.3) is 0 Å². The molecule has 10 heavy (non-hydrogen) atoms. The molecule has 0 atom stereocenters. The largest absolute Gasteiger partial charge is 0.327 e. The number of nitrogens with zero attached hydrogens (tertiary/aromatic N) is 1. The van der Waals surface area contributed by atoms with Crippen LogP contribution < -0.4 is 0 Å². The van der Waals surface area contributed by atoms with Crippen LogP contribution in [0, 0.1) is 0 Å². The molecule has 0 spiro atoms. The highest BCUT2D eigenvalue weighted by atomic mass is 28.2. The van der Waals surface area contributed by atoms with Crippen molar-refractivity contribution in [2.45, 2.75) is 38.9 Å². The van der Waals surface area contributed by atoms with Crippen LogP contribution in [0.4, 0.5) is 0 Å². The molecule has 0 rings (SSSR count). The summed E-state index contributed by atoms with van der Waals surface area (Å²) in [5.41, 5.74) is 0. The Hall–Kier alpha value is 0.394. The highest BCUT2D eigenvalue weighted by Gasteiger charge is 2.04. The highest BCUT2D eigenvalue weighted by Crippen LogP contribution is 1.97. The van der Waals surface area contributed by atoms with Crippen LogP contribution in [0.3, 0.4) is 0 Å². The monoisotopic (exact) mass is 175 g/mol. The summed E-state index contributed by atoms with van der Waals surface area (Å²) in [4.78, 5) is 0. The Labute approximate surface area is 70.5 Å². The molecular weight excluding hydrogens is 154 g/mol. The summed E-state index contributed by atoms with van der Waals surface area (Å²) in [6, 6.07) is 3.85. The third-order valence-corrected chi connectivity index (χ3v) is 6.83. The van der Waals surface area contributed by atoms with E-state index in [0.29, 0.717) is 0 Å². The van der Waals surface area contributed by atoms with Crippen molar-refractivity contribution in [1.82, 2.24) is 4.57 Å². The second-order valence-corrected chi connectivity index (χ2v) is 6.04. The molecule has 0 radical (unpaired) electrons. The quantitative estimate of drug-likeness (QED) is 0.532. The van der Waals surface area contributed by atoms with Gasteiger partial charge in [-0.15, -0.1) is 0 Å². The van der Waals surface area contributed by atoms with E-state index < -0.39 is 0 Å². The molecule has 62 valence electrons. The lowest BCUT2D eigenvalue weighted by atomic mass is 10.4. The fraction of sp³-hybridized carbons (Fsp3) is 1.00. The van der Waals surface area contributed by atoms with Crippen molar-refractivity contribution >= 4 is 19.9 Å². The van der Waals surface area contributed by atoms with Crippen LogP contribution in [0.5, 0.6) is 0 Å². The first kappa shape index (κ1) is 10.4. The molecule has 0 saturated carbocycles. The Morgan fingerprint density at radius 2 is 2.10 bits per heavy atom. The Morgan fingerprint density at radius 1 is 1.50 bits per heavy atom. The van der Waals surface area contributed by atoms with Crippen molar-refractivity contribution in [1.29, 1.82) is 0 Å². The maximum atomic E-state index is 2.66. The van der Waals surface area contributed by atoms with Gasteiger partial charge in [0.05, 0.1) is 9.68 Å². The van der Waals surface area contributed by atoms with E-state index >= 15 is 0 Å². The SMILES string of the molecule is CCN([SiH2]CC[SiH3])C(C)C. The summed E-state index contributed by atoms with van der Waals surface area (Å²) in [6.07, 6.45) is 0. The van der Waals surface area contributed by atoms with Crippen LogP contribution in [0.15, 0.2) is 0 Å². The van der Waals surface area contributed by atoms with Crippen molar-refractivity contribution in [3.05, 3.63) is 0 Å². The van der Waals surface area contributed by atoms with E-state index in [9.17, 15) is 0 Å². The average molecular weight is 175 g/mol. The standard InChI is InChI=1S/C7H21NSi2/c1-4-8(7(2)3)10-6-5-9/h7H,4-6,10H2,1-3,9H3. The molecule has 0 unspecified atom stereocenters. The lowest BCUT2D eigenvalue weighted by molar-refractivity contribution is 0.389. The van der Waals surface area contributed by atoms with Gasteiger partial charge in [0.25, 0.3) is 0 Å². The van der Waals surface area contributed by atoms with E-state index in [1.165, 1.54) is 28.9 Å². The molecule has 0 aromatic rings. The zero-order chi connectivity index (χ0) is 7.98.